The number of hydrogen-bond acceptors (Lipinski definition) is 5. The van der Waals surface area contributed by atoms with Gasteiger partial charge in [0.25, 0.3) is 0 Å². The molecule has 1 saturated heterocycles. The smallest absolute Gasteiger partial charge is 0.245 e. The van der Waals surface area contributed by atoms with Crippen LogP contribution in [-0.2, 0) is 0 Å². The van der Waals surface area contributed by atoms with Gasteiger partial charge in [-0.1, -0.05) is 0 Å². The Morgan fingerprint density at radius 2 is 2.12 bits per heavy atom. The van der Waals surface area contributed by atoms with E-state index in [0.29, 0.717) is 5.95 Å². The zero-order chi connectivity index (χ0) is 12.4. The van der Waals surface area contributed by atoms with Crippen LogP contribution >= 0.6 is 0 Å². The Labute approximate surface area is 101 Å². The fourth-order valence-corrected chi connectivity index (χ4v) is 1.99. The molecule has 0 spiro atoms. The summed E-state index contributed by atoms with van der Waals surface area (Å²) >= 11 is 0. The lowest BCUT2D eigenvalue weighted by molar-refractivity contribution is 0.494. The Bertz CT molecular complexity index is 430. The molecule has 17 heavy (non-hydrogen) atoms. The molecular formula is C11H18N6. The van der Waals surface area contributed by atoms with E-state index < -0.39 is 0 Å². The third kappa shape index (κ3) is 2.51. The summed E-state index contributed by atoms with van der Waals surface area (Å²) in [6, 6.07) is 0. The molecule has 1 unspecified atom stereocenters. The molecule has 0 amide bonds. The molecule has 2 rings (SSSR count). The number of rotatable bonds is 2. The number of aromatic nitrogens is 3. The van der Waals surface area contributed by atoms with Gasteiger partial charge >= 0.3 is 0 Å². The van der Waals surface area contributed by atoms with Crippen LogP contribution in [-0.4, -0.2) is 34.1 Å². The van der Waals surface area contributed by atoms with E-state index in [1.165, 1.54) is 0 Å². The SMILES string of the molecule is Cc1nnc(N2CCCC(C(=N)N)C2)nc1C. The second kappa shape index (κ2) is 4.65. The van der Waals surface area contributed by atoms with Crippen LogP contribution in [0.5, 0.6) is 0 Å². The van der Waals surface area contributed by atoms with E-state index in [1.807, 2.05) is 13.8 Å². The van der Waals surface area contributed by atoms with Crippen LogP contribution in [0.4, 0.5) is 5.95 Å². The van der Waals surface area contributed by atoms with Crippen molar-refractivity contribution >= 4 is 11.8 Å². The van der Waals surface area contributed by atoms with Gasteiger partial charge in [0.1, 0.15) is 0 Å². The number of nitrogens with zero attached hydrogens (tertiary/aromatic N) is 4. The van der Waals surface area contributed by atoms with Crippen LogP contribution in [0.25, 0.3) is 0 Å². The lowest BCUT2D eigenvalue weighted by atomic mass is 9.97. The van der Waals surface area contributed by atoms with Crippen LogP contribution in [0, 0.1) is 25.2 Å². The second-order valence-electron chi connectivity index (χ2n) is 4.52. The van der Waals surface area contributed by atoms with Crippen molar-refractivity contribution in [2.24, 2.45) is 11.7 Å². The number of hydrogen-bond donors (Lipinski definition) is 2. The Kier molecular flexibility index (Phi) is 3.21. The molecule has 2 heterocycles. The van der Waals surface area contributed by atoms with Gasteiger partial charge in [-0.3, -0.25) is 5.41 Å². The van der Waals surface area contributed by atoms with Gasteiger partial charge in [0, 0.05) is 19.0 Å². The van der Waals surface area contributed by atoms with E-state index in [2.05, 4.69) is 20.1 Å². The number of nitrogens with one attached hydrogen (secondary N) is 1. The summed E-state index contributed by atoms with van der Waals surface area (Å²) in [6.45, 7) is 5.46. The molecule has 0 radical (unpaired) electrons. The molecule has 1 aliphatic rings. The minimum absolute atomic E-state index is 0.119. The first-order chi connectivity index (χ1) is 8.08. The number of amidine groups is 1. The van der Waals surface area contributed by atoms with Crippen LogP contribution in [0.1, 0.15) is 24.2 Å². The number of anilines is 1. The normalized spacial score (nSPS) is 20.4. The minimum Gasteiger partial charge on any atom is -0.387 e. The minimum atomic E-state index is 0.119. The number of piperidine rings is 1. The predicted octanol–water partition coefficient (Wildman–Crippen LogP) is 0.641. The van der Waals surface area contributed by atoms with Gasteiger partial charge in [-0.2, -0.15) is 5.10 Å². The number of aryl methyl sites for hydroxylation is 2. The lowest BCUT2D eigenvalue weighted by Gasteiger charge is -2.31. The molecule has 0 saturated carbocycles. The zero-order valence-electron chi connectivity index (χ0n) is 10.3. The first-order valence-electron chi connectivity index (χ1n) is 5.84. The highest BCUT2D eigenvalue weighted by Gasteiger charge is 2.24. The molecule has 1 aromatic heterocycles. The van der Waals surface area contributed by atoms with Gasteiger partial charge in [0.05, 0.1) is 17.2 Å². The molecule has 92 valence electrons. The molecule has 1 aromatic rings. The summed E-state index contributed by atoms with van der Waals surface area (Å²) < 4.78 is 0. The van der Waals surface area contributed by atoms with Crippen LogP contribution in [0.2, 0.25) is 0 Å². The average Bonchev–Trinajstić information content (AvgIpc) is 2.33. The van der Waals surface area contributed by atoms with Crippen molar-refractivity contribution in [3.8, 4) is 0 Å². The topological polar surface area (TPSA) is 91.8 Å². The summed E-state index contributed by atoms with van der Waals surface area (Å²) in [7, 11) is 0. The predicted molar refractivity (Wildman–Crippen MR) is 66.2 cm³/mol. The van der Waals surface area contributed by atoms with Gasteiger partial charge in [0.15, 0.2) is 0 Å². The molecule has 6 nitrogen and oxygen atoms in total. The van der Waals surface area contributed by atoms with Gasteiger partial charge in [0.2, 0.25) is 5.95 Å². The van der Waals surface area contributed by atoms with Crippen molar-refractivity contribution in [2.45, 2.75) is 26.7 Å². The summed E-state index contributed by atoms with van der Waals surface area (Å²) in [5, 5.41) is 15.7. The highest BCUT2D eigenvalue weighted by molar-refractivity contribution is 5.80. The Morgan fingerprint density at radius 1 is 1.35 bits per heavy atom. The largest absolute Gasteiger partial charge is 0.387 e. The second-order valence-corrected chi connectivity index (χ2v) is 4.52. The fraction of sp³-hybridized carbons (Fsp3) is 0.636. The van der Waals surface area contributed by atoms with Crippen molar-refractivity contribution in [3.05, 3.63) is 11.4 Å². The maximum atomic E-state index is 7.51. The highest BCUT2D eigenvalue weighted by Crippen LogP contribution is 2.20. The molecule has 1 fully saturated rings. The van der Waals surface area contributed by atoms with E-state index >= 15 is 0 Å². The molecule has 0 bridgehead atoms. The van der Waals surface area contributed by atoms with E-state index in [1.54, 1.807) is 0 Å². The number of nitrogens with two attached hydrogens (primary N) is 1. The molecule has 0 aromatic carbocycles. The monoisotopic (exact) mass is 234 g/mol. The third-order valence-electron chi connectivity index (χ3n) is 3.22. The van der Waals surface area contributed by atoms with Crippen molar-refractivity contribution < 1.29 is 0 Å². The van der Waals surface area contributed by atoms with Crippen molar-refractivity contribution in [3.63, 3.8) is 0 Å². The van der Waals surface area contributed by atoms with E-state index in [0.717, 1.165) is 37.3 Å². The molecule has 0 aliphatic carbocycles. The van der Waals surface area contributed by atoms with Crippen molar-refractivity contribution in [2.75, 3.05) is 18.0 Å². The van der Waals surface area contributed by atoms with Crippen LogP contribution < -0.4 is 10.6 Å². The molecule has 3 N–H and O–H groups in total. The van der Waals surface area contributed by atoms with Gasteiger partial charge < -0.3 is 10.6 Å². The third-order valence-corrected chi connectivity index (χ3v) is 3.22. The summed E-state index contributed by atoms with van der Waals surface area (Å²) in [4.78, 5) is 6.50. The highest BCUT2D eigenvalue weighted by atomic mass is 15.3. The van der Waals surface area contributed by atoms with Gasteiger partial charge in [-0.15, -0.1) is 5.10 Å². The molecular weight excluding hydrogens is 216 g/mol. The summed E-state index contributed by atoms with van der Waals surface area (Å²) in [5.41, 5.74) is 7.32. The fourth-order valence-electron chi connectivity index (χ4n) is 1.99. The standard InChI is InChI=1S/C11H18N6/c1-7-8(2)15-16-11(14-7)17-5-3-4-9(6-17)10(12)13/h9H,3-6H2,1-2H3,(H3,12,13). The van der Waals surface area contributed by atoms with Crippen LogP contribution in [0.15, 0.2) is 0 Å². The lowest BCUT2D eigenvalue weighted by Crippen LogP contribution is -2.41. The average molecular weight is 234 g/mol. The quantitative estimate of drug-likeness (QED) is 0.578. The first-order valence-corrected chi connectivity index (χ1v) is 5.84. The maximum absolute atomic E-state index is 7.51. The summed E-state index contributed by atoms with van der Waals surface area (Å²) in [6.07, 6.45) is 1.99. The van der Waals surface area contributed by atoms with Gasteiger partial charge in [-0.05, 0) is 26.7 Å². The van der Waals surface area contributed by atoms with E-state index in [4.69, 9.17) is 11.1 Å². The van der Waals surface area contributed by atoms with Crippen molar-refractivity contribution in [1.82, 2.24) is 15.2 Å². The molecule has 1 aliphatic heterocycles. The van der Waals surface area contributed by atoms with E-state index in [-0.39, 0.29) is 11.8 Å². The van der Waals surface area contributed by atoms with Crippen LogP contribution in [0.3, 0.4) is 0 Å². The summed E-state index contributed by atoms with van der Waals surface area (Å²) in [5.74, 6) is 1.03. The first kappa shape index (κ1) is 11.8. The van der Waals surface area contributed by atoms with Crippen molar-refractivity contribution in [1.29, 1.82) is 5.41 Å². The Hall–Kier alpha value is -1.72. The molecule has 1 atom stereocenters. The molecule has 6 heteroatoms. The van der Waals surface area contributed by atoms with E-state index in [9.17, 15) is 0 Å². The zero-order valence-corrected chi connectivity index (χ0v) is 10.3. The maximum Gasteiger partial charge on any atom is 0.245 e. The Balaban J connectivity index is 2.16. The van der Waals surface area contributed by atoms with Gasteiger partial charge in [-0.25, -0.2) is 4.98 Å². The Morgan fingerprint density at radius 3 is 2.76 bits per heavy atom.